The lowest BCUT2D eigenvalue weighted by molar-refractivity contribution is -0.0530. The maximum atomic E-state index is 12.7. The summed E-state index contributed by atoms with van der Waals surface area (Å²) in [7, 11) is 1.56. The number of ether oxygens (including phenoxy) is 2. The first-order valence-electron chi connectivity index (χ1n) is 11.6. The first-order chi connectivity index (χ1) is 18.2. The average Bonchev–Trinajstić information content (AvgIpc) is 3.46. The third kappa shape index (κ3) is 4.83. The molecule has 0 saturated carbocycles. The van der Waals surface area contributed by atoms with E-state index in [4.69, 9.17) is 9.72 Å². The second-order valence-corrected chi connectivity index (χ2v) is 8.47. The number of aryl methyl sites for hydroxylation is 2. The number of alkyl halides is 2. The molecule has 0 aliphatic heterocycles. The summed E-state index contributed by atoms with van der Waals surface area (Å²) >= 11 is 0. The van der Waals surface area contributed by atoms with E-state index in [-0.39, 0.29) is 11.7 Å². The van der Waals surface area contributed by atoms with Crippen LogP contribution in [0.1, 0.15) is 30.1 Å². The second-order valence-electron chi connectivity index (χ2n) is 8.47. The number of halogens is 2. The summed E-state index contributed by atoms with van der Waals surface area (Å²) in [4.78, 5) is 17.6. The standard InChI is InChI=1S/C25H24F2N8O3/c1-13-7-23(38-25(26)27)33-35(13)24-17(14(2)36)5-6-22(32-24)34-12-30-18-8-19(21(37-4)9-20(18)34)31-16-10-28-15(3)29-11-16/h5-12,14,25,31,36H,1-4H3/t14-/m0/s1. The minimum atomic E-state index is -3.02. The molecule has 2 N–H and O–H groups in total. The van der Waals surface area contributed by atoms with Crippen LogP contribution in [0.15, 0.2) is 49.1 Å². The molecule has 1 aromatic carbocycles. The maximum Gasteiger partial charge on any atom is 0.388 e. The fraction of sp³-hybridized carbons (Fsp3) is 0.240. The van der Waals surface area contributed by atoms with Crippen molar-refractivity contribution < 1.29 is 23.4 Å². The monoisotopic (exact) mass is 522 g/mol. The smallest absolute Gasteiger partial charge is 0.388 e. The van der Waals surface area contributed by atoms with E-state index in [1.807, 2.05) is 12.1 Å². The molecule has 0 saturated heterocycles. The van der Waals surface area contributed by atoms with Gasteiger partial charge in [-0.15, -0.1) is 5.10 Å². The van der Waals surface area contributed by atoms with Gasteiger partial charge in [0.1, 0.15) is 23.7 Å². The highest BCUT2D eigenvalue weighted by atomic mass is 19.3. The molecule has 0 aliphatic rings. The molecule has 0 spiro atoms. The third-order valence-electron chi connectivity index (χ3n) is 5.79. The quantitative estimate of drug-likeness (QED) is 0.305. The summed E-state index contributed by atoms with van der Waals surface area (Å²) < 4.78 is 38.6. The molecule has 5 aromatic rings. The molecule has 38 heavy (non-hydrogen) atoms. The first kappa shape index (κ1) is 25.0. The molecule has 0 radical (unpaired) electrons. The van der Waals surface area contributed by atoms with Crippen molar-refractivity contribution in [3.8, 4) is 23.3 Å². The van der Waals surface area contributed by atoms with E-state index in [1.54, 1.807) is 63.3 Å². The van der Waals surface area contributed by atoms with Gasteiger partial charge in [0.25, 0.3) is 0 Å². The lowest BCUT2D eigenvalue weighted by Gasteiger charge is -2.15. The van der Waals surface area contributed by atoms with Gasteiger partial charge in [-0.2, -0.15) is 8.78 Å². The highest BCUT2D eigenvalue weighted by Crippen LogP contribution is 2.33. The first-order valence-corrected chi connectivity index (χ1v) is 11.6. The summed E-state index contributed by atoms with van der Waals surface area (Å²) in [5.41, 5.74) is 3.69. The van der Waals surface area contributed by atoms with Gasteiger partial charge in [0.05, 0.1) is 48.0 Å². The molecule has 0 unspecified atom stereocenters. The van der Waals surface area contributed by atoms with E-state index in [2.05, 4.69) is 30.1 Å². The molecule has 1 atom stereocenters. The number of rotatable bonds is 8. The third-order valence-corrected chi connectivity index (χ3v) is 5.79. The summed E-state index contributed by atoms with van der Waals surface area (Å²) in [6, 6.07) is 8.45. The number of aliphatic hydroxyl groups excluding tert-OH is 1. The van der Waals surface area contributed by atoms with Crippen molar-refractivity contribution >= 4 is 22.4 Å². The Bertz CT molecular complexity index is 1600. The Balaban J connectivity index is 1.58. The molecule has 196 valence electrons. The molecule has 0 aliphatic carbocycles. The zero-order chi connectivity index (χ0) is 27.0. The van der Waals surface area contributed by atoms with Gasteiger partial charge >= 0.3 is 6.61 Å². The Morgan fingerprint density at radius 1 is 1.05 bits per heavy atom. The van der Waals surface area contributed by atoms with Crippen LogP contribution in [-0.2, 0) is 0 Å². The van der Waals surface area contributed by atoms with Gasteiger partial charge in [0.2, 0.25) is 5.88 Å². The van der Waals surface area contributed by atoms with Crippen LogP contribution >= 0.6 is 0 Å². The van der Waals surface area contributed by atoms with E-state index < -0.39 is 12.7 Å². The van der Waals surface area contributed by atoms with Crippen molar-refractivity contribution in [2.45, 2.75) is 33.5 Å². The number of hydrogen-bond acceptors (Lipinski definition) is 9. The Morgan fingerprint density at radius 2 is 1.82 bits per heavy atom. The molecule has 5 rings (SSSR count). The molecule has 4 aromatic heterocycles. The molecule has 4 heterocycles. The number of imidazole rings is 1. The Morgan fingerprint density at radius 3 is 2.50 bits per heavy atom. The molecule has 0 amide bonds. The normalized spacial score (nSPS) is 12.2. The van der Waals surface area contributed by atoms with Crippen molar-refractivity contribution in [3.05, 3.63) is 66.1 Å². The molecule has 0 fully saturated rings. The van der Waals surface area contributed by atoms with Gasteiger partial charge in [-0.25, -0.2) is 24.6 Å². The van der Waals surface area contributed by atoms with Crippen LogP contribution in [0.5, 0.6) is 11.6 Å². The zero-order valence-corrected chi connectivity index (χ0v) is 20.9. The lowest BCUT2D eigenvalue weighted by atomic mass is 10.1. The van der Waals surface area contributed by atoms with Gasteiger partial charge in [-0.1, -0.05) is 0 Å². The Hall–Kier alpha value is -4.65. The molecule has 11 nitrogen and oxygen atoms in total. The zero-order valence-electron chi connectivity index (χ0n) is 20.9. The largest absolute Gasteiger partial charge is 0.494 e. The van der Waals surface area contributed by atoms with Crippen molar-refractivity contribution in [1.29, 1.82) is 0 Å². The summed E-state index contributed by atoms with van der Waals surface area (Å²) in [5, 5.41) is 17.7. The van der Waals surface area contributed by atoms with Gasteiger partial charge in [-0.3, -0.25) is 4.57 Å². The van der Waals surface area contributed by atoms with Crippen molar-refractivity contribution in [2.24, 2.45) is 0 Å². The van der Waals surface area contributed by atoms with E-state index in [0.29, 0.717) is 51.1 Å². The fourth-order valence-electron chi connectivity index (χ4n) is 3.99. The number of pyridine rings is 1. The van der Waals surface area contributed by atoms with Gasteiger partial charge in [-0.05, 0) is 39.0 Å². The van der Waals surface area contributed by atoms with Gasteiger partial charge < -0.3 is 19.9 Å². The van der Waals surface area contributed by atoms with E-state index in [0.717, 1.165) is 0 Å². The minimum absolute atomic E-state index is 0.252. The predicted octanol–water partition coefficient (Wildman–Crippen LogP) is 4.42. The SMILES string of the molecule is COc1cc2c(cc1Nc1cnc(C)nc1)ncn2-c1ccc([C@H](C)O)c(-n2nc(OC(F)F)cc2C)n1. The summed E-state index contributed by atoms with van der Waals surface area (Å²) in [5.74, 6) is 1.70. The van der Waals surface area contributed by atoms with Crippen LogP contribution in [0.4, 0.5) is 20.2 Å². The van der Waals surface area contributed by atoms with Crippen LogP contribution < -0.4 is 14.8 Å². The fourth-order valence-corrected chi connectivity index (χ4v) is 3.99. The Kier molecular flexibility index (Phi) is 6.59. The van der Waals surface area contributed by atoms with Crippen LogP contribution in [0.25, 0.3) is 22.7 Å². The molecule has 13 heteroatoms. The summed E-state index contributed by atoms with van der Waals surface area (Å²) in [6.07, 6.45) is 4.07. The number of nitrogens with one attached hydrogen (secondary N) is 1. The number of methoxy groups -OCH3 is 1. The van der Waals surface area contributed by atoms with Crippen LogP contribution in [-0.4, -0.2) is 53.1 Å². The van der Waals surface area contributed by atoms with E-state index >= 15 is 0 Å². The molecular formula is C25H24F2N8O3. The number of aromatic nitrogens is 7. The van der Waals surface area contributed by atoms with Gasteiger partial charge in [0, 0.05) is 23.4 Å². The number of fused-ring (bicyclic) bond motifs is 1. The van der Waals surface area contributed by atoms with Crippen LogP contribution in [0.2, 0.25) is 0 Å². The van der Waals surface area contributed by atoms with Crippen molar-refractivity contribution in [3.63, 3.8) is 0 Å². The number of anilines is 2. The van der Waals surface area contributed by atoms with Crippen molar-refractivity contribution in [2.75, 3.05) is 12.4 Å². The van der Waals surface area contributed by atoms with Crippen LogP contribution in [0.3, 0.4) is 0 Å². The average molecular weight is 523 g/mol. The topological polar surface area (TPSA) is 125 Å². The van der Waals surface area contributed by atoms with Gasteiger partial charge in [0.15, 0.2) is 5.82 Å². The second kappa shape index (κ2) is 10.0. The van der Waals surface area contributed by atoms with Crippen molar-refractivity contribution in [1.82, 2.24) is 34.3 Å². The number of aliphatic hydroxyl groups is 1. The predicted molar refractivity (Wildman–Crippen MR) is 135 cm³/mol. The molecular weight excluding hydrogens is 498 g/mol. The number of hydrogen-bond donors (Lipinski definition) is 2. The van der Waals surface area contributed by atoms with E-state index in [1.165, 1.54) is 10.7 Å². The van der Waals surface area contributed by atoms with Crippen LogP contribution in [0, 0.1) is 13.8 Å². The molecule has 0 bridgehead atoms. The number of nitrogens with zero attached hydrogens (tertiary/aromatic N) is 7. The number of benzene rings is 1. The summed E-state index contributed by atoms with van der Waals surface area (Å²) in [6.45, 7) is 2.05. The Labute approximate surface area is 215 Å². The lowest BCUT2D eigenvalue weighted by Crippen LogP contribution is -2.11. The van der Waals surface area contributed by atoms with E-state index in [9.17, 15) is 13.9 Å². The minimum Gasteiger partial charge on any atom is -0.494 e. The highest BCUT2D eigenvalue weighted by molar-refractivity contribution is 5.86. The maximum absolute atomic E-state index is 12.7. The highest BCUT2D eigenvalue weighted by Gasteiger charge is 2.20.